The summed E-state index contributed by atoms with van der Waals surface area (Å²) in [6.45, 7) is 7.95. The van der Waals surface area contributed by atoms with Gasteiger partial charge in [0.05, 0.1) is 0 Å². The summed E-state index contributed by atoms with van der Waals surface area (Å²) in [6, 6.07) is 7.98. The Bertz CT molecular complexity index is 441. The smallest absolute Gasteiger partial charge is 0.253 e. The van der Waals surface area contributed by atoms with Gasteiger partial charge in [-0.25, -0.2) is 0 Å². The highest BCUT2D eigenvalue weighted by molar-refractivity contribution is 6.20. The van der Waals surface area contributed by atoms with Crippen LogP contribution in [0.25, 0.3) is 0 Å². The summed E-state index contributed by atoms with van der Waals surface area (Å²) in [5.41, 5.74) is 2.05. The molecule has 1 saturated heterocycles. The maximum atomic E-state index is 12.4. The van der Waals surface area contributed by atoms with Crippen molar-refractivity contribution in [3.63, 3.8) is 0 Å². The molecule has 0 saturated carbocycles. The van der Waals surface area contributed by atoms with Crippen molar-refractivity contribution in [1.82, 2.24) is 4.90 Å². The summed E-state index contributed by atoms with van der Waals surface area (Å²) in [5.74, 6) is 0.996. The number of nitrogens with zero attached hydrogens (tertiary/aromatic N) is 1. The van der Waals surface area contributed by atoms with E-state index in [-0.39, 0.29) is 11.3 Å². The minimum absolute atomic E-state index is 0.130. The average Bonchev–Trinajstić information content (AvgIpc) is 2.41. The van der Waals surface area contributed by atoms with E-state index >= 15 is 0 Å². The molecule has 0 spiro atoms. The third-order valence-corrected chi connectivity index (χ3v) is 4.56. The van der Waals surface area contributed by atoms with Crippen molar-refractivity contribution in [3.8, 4) is 0 Å². The van der Waals surface area contributed by atoms with Gasteiger partial charge in [0.2, 0.25) is 0 Å². The Morgan fingerprint density at radius 3 is 2.47 bits per heavy atom. The first kappa shape index (κ1) is 14.4. The van der Waals surface area contributed by atoms with Crippen LogP contribution < -0.4 is 0 Å². The van der Waals surface area contributed by atoms with E-state index in [1.807, 2.05) is 17.0 Å². The van der Waals surface area contributed by atoms with Crippen LogP contribution in [0.1, 0.15) is 49.0 Å². The van der Waals surface area contributed by atoms with Gasteiger partial charge in [-0.05, 0) is 36.0 Å². The van der Waals surface area contributed by atoms with Gasteiger partial charge in [0.1, 0.15) is 0 Å². The van der Waals surface area contributed by atoms with Gasteiger partial charge in [-0.2, -0.15) is 0 Å². The fourth-order valence-electron chi connectivity index (χ4n) is 2.49. The highest BCUT2D eigenvalue weighted by atomic mass is 35.5. The molecule has 2 rings (SSSR count). The number of amides is 1. The van der Waals surface area contributed by atoms with Gasteiger partial charge in [0, 0.05) is 24.0 Å². The van der Waals surface area contributed by atoms with E-state index in [9.17, 15) is 4.79 Å². The predicted molar refractivity (Wildman–Crippen MR) is 79.9 cm³/mol. The second-order valence-corrected chi connectivity index (χ2v) is 6.37. The molecular formula is C16H22ClNO. The predicted octanol–water partition coefficient (Wildman–Crippen LogP) is 3.90. The van der Waals surface area contributed by atoms with Crippen molar-refractivity contribution in [2.75, 3.05) is 13.1 Å². The Hall–Kier alpha value is -1.02. The van der Waals surface area contributed by atoms with E-state index in [4.69, 9.17) is 11.6 Å². The van der Waals surface area contributed by atoms with Crippen molar-refractivity contribution in [1.29, 1.82) is 0 Å². The molecule has 2 atom stereocenters. The fraction of sp³-hybridized carbons (Fsp3) is 0.562. The molecule has 1 aliphatic rings. The molecule has 2 unspecified atom stereocenters. The molecule has 1 aromatic rings. The number of likely N-dealkylation sites (tertiary alicyclic amines) is 1. The maximum absolute atomic E-state index is 12.4. The Labute approximate surface area is 120 Å². The molecule has 1 heterocycles. The first-order valence-corrected chi connectivity index (χ1v) is 7.46. The zero-order valence-electron chi connectivity index (χ0n) is 11.9. The van der Waals surface area contributed by atoms with E-state index in [0.717, 1.165) is 25.1 Å². The van der Waals surface area contributed by atoms with Gasteiger partial charge in [-0.15, -0.1) is 11.6 Å². The van der Waals surface area contributed by atoms with Gasteiger partial charge < -0.3 is 4.90 Å². The fourth-order valence-corrected chi connectivity index (χ4v) is 2.67. The van der Waals surface area contributed by atoms with Crippen LogP contribution in [0.2, 0.25) is 0 Å². The summed E-state index contributed by atoms with van der Waals surface area (Å²) in [5, 5.41) is 0.201. The highest BCUT2D eigenvalue weighted by Gasteiger charge is 2.27. The summed E-state index contributed by atoms with van der Waals surface area (Å²) in [4.78, 5) is 14.3. The molecular weight excluding hydrogens is 258 g/mol. The number of hydrogen-bond acceptors (Lipinski definition) is 1. The second-order valence-electron chi connectivity index (χ2n) is 5.81. The molecule has 0 radical (unpaired) electrons. The van der Waals surface area contributed by atoms with Crippen molar-refractivity contribution in [2.24, 2.45) is 5.92 Å². The monoisotopic (exact) mass is 279 g/mol. The molecule has 0 aliphatic carbocycles. The third-order valence-electron chi connectivity index (χ3n) is 3.91. The zero-order valence-corrected chi connectivity index (χ0v) is 12.7. The minimum Gasteiger partial charge on any atom is -0.338 e. The molecule has 0 bridgehead atoms. The van der Waals surface area contributed by atoms with Crippen molar-refractivity contribution < 1.29 is 4.79 Å². The summed E-state index contributed by atoms with van der Waals surface area (Å²) >= 11 is 6.20. The number of halogens is 1. The van der Waals surface area contributed by atoms with E-state index in [1.165, 1.54) is 5.56 Å². The first-order chi connectivity index (χ1) is 8.99. The van der Waals surface area contributed by atoms with E-state index in [1.54, 1.807) is 0 Å². The molecule has 1 aliphatic heterocycles. The molecule has 104 valence electrons. The summed E-state index contributed by atoms with van der Waals surface area (Å²) in [7, 11) is 0. The summed E-state index contributed by atoms with van der Waals surface area (Å²) in [6.07, 6.45) is 0.887. The van der Waals surface area contributed by atoms with Gasteiger partial charge in [0.25, 0.3) is 5.91 Å². The van der Waals surface area contributed by atoms with Crippen LogP contribution in [0.4, 0.5) is 0 Å². The van der Waals surface area contributed by atoms with Crippen molar-refractivity contribution in [3.05, 3.63) is 35.4 Å². The lowest BCUT2D eigenvalue weighted by Gasteiger charge is -2.34. The highest BCUT2D eigenvalue weighted by Crippen LogP contribution is 2.23. The number of piperidine rings is 1. The molecule has 2 nitrogen and oxygen atoms in total. The van der Waals surface area contributed by atoms with Gasteiger partial charge in [-0.1, -0.05) is 32.9 Å². The Kier molecular flexibility index (Phi) is 4.51. The molecule has 3 heteroatoms. The zero-order chi connectivity index (χ0) is 14.0. The lowest BCUT2D eigenvalue weighted by atomic mass is 9.98. The molecule has 1 fully saturated rings. The Morgan fingerprint density at radius 1 is 1.32 bits per heavy atom. The van der Waals surface area contributed by atoms with Crippen LogP contribution in [0, 0.1) is 5.92 Å². The first-order valence-electron chi connectivity index (χ1n) is 7.02. The molecule has 19 heavy (non-hydrogen) atoms. The van der Waals surface area contributed by atoms with E-state index in [0.29, 0.717) is 11.8 Å². The Balaban J connectivity index is 2.07. The standard InChI is InChI=1S/C16H22ClNO/c1-11(2)13-4-6-14(7-5-13)16(19)18-9-8-15(17)12(3)10-18/h4-7,11-12,15H,8-10H2,1-3H3. The number of benzene rings is 1. The average molecular weight is 280 g/mol. The molecule has 1 amide bonds. The minimum atomic E-state index is 0.130. The van der Waals surface area contributed by atoms with Crippen molar-refractivity contribution in [2.45, 2.75) is 38.5 Å². The normalized spacial score (nSPS) is 23.7. The van der Waals surface area contributed by atoms with Gasteiger partial charge in [0.15, 0.2) is 0 Å². The molecule has 0 aromatic heterocycles. The lowest BCUT2D eigenvalue weighted by molar-refractivity contribution is 0.0687. The number of carbonyl (C=O) groups excluding carboxylic acids is 1. The third kappa shape index (κ3) is 3.30. The maximum Gasteiger partial charge on any atom is 0.253 e. The molecule has 1 aromatic carbocycles. The van der Waals surface area contributed by atoms with Gasteiger partial charge >= 0.3 is 0 Å². The topological polar surface area (TPSA) is 20.3 Å². The Morgan fingerprint density at radius 2 is 1.95 bits per heavy atom. The molecule has 0 N–H and O–H groups in total. The number of carbonyl (C=O) groups is 1. The van der Waals surface area contributed by atoms with Crippen LogP contribution >= 0.6 is 11.6 Å². The van der Waals surface area contributed by atoms with E-state index < -0.39 is 0 Å². The second kappa shape index (κ2) is 5.96. The number of hydrogen-bond donors (Lipinski definition) is 0. The van der Waals surface area contributed by atoms with Gasteiger partial charge in [-0.3, -0.25) is 4.79 Å². The number of alkyl halides is 1. The van der Waals surface area contributed by atoms with Crippen LogP contribution in [-0.2, 0) is 0 Å². The van der Waals surface area contributed by atoms with Crippen LogP contribution in [-0.4, -0.2) is 29.3 Å². The SMILES string of the molecule is CC(C)c1ccc(C(=O)N2CCC(Cl)C(C)C2)cc1. The lowest BCUT2D eigenvalue weighted by Crippen LogP contribution is -2.43. The number of rotatable bonds is 2. The largest absolute Gasteiger partial charge is 0.338 e. The van der Waals surface area contributed by atoms with Crippen molar-refractivity contribution >= 4 is 17.5 Å². The van der Waals surface area contributed by atoms with Crippen LogP contribution in [0.3, 0.4) is 0 Å². The van der Waals surface area contributed by atoms with Crippen LogP contribution in [0.5, 0.6) is 0 Å². The quantitative estimate of drug-likeness (QED) is 0.752. The van der Waals surface area contributed by atoms with Crippen LogP contribution in [0.15, 0.2) is 24.3 Å². The van der Waals surface area contributed by atoms with E-state index in [2.05, 4.69) is 32.9 Å². The summed E-state index contributed by atoms with van der Waals surface area (Å²) < 4.78 is 0.